The first kappa shape index (κ1) is 10.7. The summed E-state index contributed by atoms with van der Waals surface area (Å²) in [5.74, 6) is 0.231. The molecule has 5 nitrogen and oxygen atoms in total. The number of ether oxygens (including phenoxy) is 1. The minimum atomic E-state index is -3.55. The Hall–Kier alpha value is -1.40. The van der Waals surface area contributed by atoms with Crippen molar-refractivity contribution in [3.8, 4) is 0 Å². The Balaban J connectivity index is 1.96. The van der Waals surface area contributed by atoms with Crippen LogP contribution in [0.4, 0.5) is 0 Å². The van der Waals surface area contributed by atoms with Crippen molar-refractivity contribution in [2.24, 2.45) is 4.40 Å². The third kappa shape index (κ3) is 1.83. The van der Waals surface area contributed by atoms with Gasteiger partial charge in [-0.05, 0) is 25.1 Å². The molecule has 2 heterocycles. The van der Waals surface area contributed by atoms with Gasteiger partial charge in [0.25, 0.3) is 10.0 Å². The lowest BCUT2D eigenvalue weighted by Gasteiger charge is -2.11. The van der Waals surface area contributed by atoms with E-state index in [9.17, 15) is 8.42 Å². The molecular formula is C11H12N2O3S. The molecule has 3 rings (SSSR count). The molecule has 1 aromatic rings. The van der Waals surface area contributed by atoms with E-state index < -0.39 is 10.0 Å². The molecule has 1 fully saturated rings. The molecule has 0 spiro atoms. The van der Waals surface area contributed by atoms with Crippen LogP contribution in [0.5, 0.6) is 0 Å². The van der Waals surface area contributed by atoms with Gasteiger partial charge in [-0.25, -0.2) is 0 Å². The highest BCUT2D eigenvalue weighted by Crippen LogP contribution is 2.27. The monoisotopic (exact) mass is 252 g/mol. The van der Waals surface area contributed by atoms with Crippen molar-refractivity contribution in [2.75, 3.05) is 13.1 Å². The number of sulfonamides is 1. The number of fused-ring (bicyclic) bond motifs is 1. The maximum Gasteiger partial charge on any atom is 0.286 e. The van der Waals surface area contributed by atoms with Crippen molar-refractivity contribution >= 4 is 15.9 Å². The Labute approximate surface area is 99.6 Å². The number of benzene rings is 1. The molecule has 0 saturated carbocycles. The zero-order valence-corrected chi connectivity index (χ0v) is 9.90. The van der Waals surface area contributed by atoms with Gasteiger partial charge in [-0.2, -0.15) is 8.42 Å². The molecule has 0 bridgehead atoms. The lowest BCUT2D eigenvalue weighted by atomic mass is 10.2. The third-order valence-corrected chi connectivity index (χ3v) is 4.21. The van der Waals surface area contributed by atoms with E-state index in [1.54, 1.807) is 24.3 Å². The molecule has 0 radical (unpaired) electrons. The van der Waals surface area contributed by atoms with Crippen LogP contribution in [0, 0.1) is 0 Å². The molecular weight excluding hydrogens is 240 g/mol. The summed E-state index contributed by atoms with van der Waals surface area (Å²) < 4.78 is 32.8. The molecule has 1 saturated heterocycles. The minimum absolute atomic E-state index is 0.00936. The van der Waals surface area contributed by atoms with Gasteiger partial charge >= 0.3 is 0 Å². The van der Waals surface area contributed by atoms with Crippen LogP contribution in [0.25, 0.3) is 0 Å². The van der Waals surface area contributed by atoms with Gasteiger partial charge in [-0.15, -0.1) is 4.40 Å². The fourth-order valence-electron chi connectivity index (χ4n) is 2.05. The average Bonchev–Trinajstić information content (AvgIpc) is 2.88. The Kier molecular flexibility index (Phi) is 2.41. The van der Waals surface area contributed by atoms with E-state index in [1.165, 1.54) is 0 Å². The lowest BCUT2D eigenvalue weighted by molar-refractivity contribution is 0.211. The van der Waals surface area contributed by atoms with Gasteiger partial charge in [0.05, 0.1) is 5.56 Å². The van der Waals surface area contributed by atoms with E-state index in [0.29, 0.717) is 5.56 Å². The Morgan fingerprint density at radius 1 is 1.35 bits per heavy atom. The van der Waals surface area contributed by atoms with Gasteiger partial charge in [0.2, 0.25) is 5.90 Å². The zero-order chi connectivity index (χ0) is 11.9. The molecule has 1 N–H and O–H groups in total. The molecule has 17 heavy (non-hydrogen) atoms. The fraction of sp³-hybridized carbons (Fsp3) is 0.364. The summed E-state index contributed by atoms with van der Waals surface area (Å²) in [7, 11) is -3.55. The van der Waals surface area contributed by atoms with E-state index in [4.69, 9.17) is 4.74 Å². The Morgan fingerprint density at radius 3 is 2.94 bits per heavy atom. The Morgan fingerprint density at radius 2 is 2.18 bits per heavy atom. The standard InChI is InChI=1S/C11H12N2O3S/c14-17(15)10-4-2-1-3-9(10)11(13-17)16-8-5-6-12-7-8/h1-4,8,12H,5-7H2. The van der Waals surface area contributed by atoms with Crippen LogP contribution in [0.15, 0.2) is 33.6 Å². The highest BCUT2D eigenvalue weighted by atomic mass is 32.2. The smallest absolute Gasteiger partial charge is 0.286 e. The van der Waals surface area contributed by atoms with Crippen LogP contribution in [0.2, 0.25) is 0 Å². The SMILES string of the molecule is O=S1(=O)N=C(OC2CCNC2)c2ccccc21. The number of nitrogens with zero attached hydrogens (tertiary/aromatic N) is 1. The van der Waals surface area contributed by atoms with Crippen molar-refractivity contribution in [1.82, 2.24) is 5.32 Å². The maximum absolute atomic E-state index is 11.8. The highest BCUT2D eigenvalue weighted by molar-refractivity contribution is 7.90. The van der Waals surface area contributed by atoms with Crippen LogP contribution >= 0.6 is 0 Å². The van der Waals surface area contributed by atoms with Gasteiger partial charge in [-0.1, -0.05) is 12.1 Å². The molecule has 0 aromatic heterocycles. The van der Waals surface area contributed by atoms with E-state index in [2.05, 4.69) is 9.71 Å². The topological polar surface area (TPSA) is 67.8 Å². The van der Waals surface area contributed by atoms with Crippen molar-refractivity contribution in [3.63, 3.8) is 0 Å². The van der Waals surface area contributed by atoms with Gasteiger partial charge in [0.15, 0.2) is 0 Å². The van der Waals surface area contributed by atoms with Crippen LogP contribution in [-0.2, 0) is 14.8 Å². The third-order valence-electron chi connectivity index (χ3n) is 2.89. The largest absolute Gasteiger partial charge is 0.472 e. The summed E-state index contributed by atoms with van der Waals surface area (Å²) >= 11 is 0. The first-order valence-electron chi connectivity index (χ1n) is 5.48. The van der Waals surface area contributed by atoms with Crippen LogP contribution in [0.3, 0.4) is 0 Å². The van der Waals surface area contributed by atoms with Crippen molar-refractivity contribution in [2.45, 2.75) is 17.4 Å². The summed E-state index contributed by atoms with van der Waals surface area (Å²) in [6.07, 6.45) is 0.886. The van der Waals surface area contributed by atoms with Crippen molar-refractivity contribution < 1.29 is 13.2 Å². The normalized spacial score (nSPS) is 25.4. The van der Waals surface area contributed by atoms with Crippen molar-refractivity contribution in [1.29, 1.82) is 0 Å². The van der Waals surface area contributed by atoms with Gasteiger partial charge < -0.3 is 10.1 Å². The second kappa shape index (κ2) is 3.82. The second-order valence-electron chi connectivity index (χ2n) is 4.10. The van der Waals surface area contributed by atoms with Gasteiger partial charge in [0.1, 0.15) is 11.0 Å². The summed E-state index contributed by atoms with van der Waals surface area (Å²) in [6.45, 7) is 1.63. The maximum atomic E-state index is 11.8. The molecule has 1 aromatic carbocycles. The molecule has 0 aliphatic carbocycles. The number of rotatable bonds is 1. The fourth-order valence-corrected chi connectivity index (χ4v) is 3.19. The number of nitrogens with one attached hydrogen (secondary N) is 1. The summed E-state index contributed by atoms with van der Waals surface area (Å²) in [6, 6.07) is 6.75. The van der Waals surface area contributed by atoms with Gasteiger partial charge in [0, 0.05) is 6.54 Å². The number of hydrogen-bond donors (Lipinski definition) is 1. The van der Waals surface area contributed by atoms with Gasteiger partial charge in [-0.3, -0.25) is 0 Å². The molecule has 6 heteroatoms. The quantitative estimate of drug-likeness (QED) is 0.791. The predicted octanol–water partition coefficient (Wildman–Crippen LogP) is 0.514. The highest BCUT2D eigenvalue weighted by Gasteiger charge is 2.31. The van der Waals surface area contributed by atoms with E-state index in [1.807, 2.05) is 0 Å². The van der Waals surface area contributed by atoms with Crippen LogP contribution in [0.1, 0.15) is 12.0 Å². The van der Waals surface area contributed by atoms with E-state index >= 15 is 0 Å². The predicted molar refractivity (Wildman–Crippen MR) is 62.5 cm³/mol. The average molecular weight is 252 g/mol. The van der Waals surface area contributed by atoms with E-state index in [0.717, 1.165) is 19.5 Å². The number of hydrogen-bond acceptors (Lipinski definition) is 4. The first-order chi connectivity index (χ1) is 8.17. The summed E-state index contributed by atoms with van der Waals surface area (Å²) in [5.41, 5.74) is 0.569. The van der Waals surface area contributed by atoms with Crippen molar-refractivity contribution in [3.05, 3.63) is 29.8 Å². The zero-order valence-electron chi connectivity index (χ0n) is 9.09. The molecule has 0 amide bonds. The molecule has 2 aliphatic heterocycles. The second-order valence-corrected chi connectivity index (χ2v) is 5.67. The Bertz CT molecular complexity index is 574. The summed E-state index contributed by atoms with van der Waals surface area (Å²) in [4.78, 5) is 0.237. The van der Waals surface area contributed by atoms with Crippen LogP contribution in [-0.4, -0.2) is 33.5 Å². The summed E-state index contributed by atoms with van der Waals surface area (Å²) in [5, 5.41) is 3.16. The molecule has 90 valence electrons. The van der Waals surface area contributed by atoms with Crippen LogP contribution < -0.4 is 5.32 Å². The first-order valence-corrected chi connectivity index (χ1v) is 6.92. The van der Waals surface area contributed by atoms with E-state index in [-0.39, 0.29) is 16.9 Å². The molecule has 2 aliphatic rings. The molecule has 1 atom stereocenters. The molecule has 1 unspecified atom stereocenters. The minimum Gasteiger partial charge on any atom is -0.472 e. The lowest BCUT2D eigenvalue weighted by Crippen LogP contribution is -2.20.